The van der Waals surface area contributed by atoms with Crippen molar-refractivity contribution in [3.63, 3.8) is 0 Å². The normalized spacial score (nSPS) is 12.3. The van der Waals surface area contributed by atoms with E-state index in [1.165, 1.54) is 5.56 Å². The Morgan fingerprint density at radius 2 is 2.06 bits per heavy atom. The smallest absolute Gasteiger partial charge is 0.115 e. The molecule has 1 unspecified atom stereocenters. The molecule has 1 aromatic carbocycles. The van der Waals surface area contributed by atoms with E-state index in [1.54, 1.807) is 12.1 Å². The minimum absolute atomic E-state index is 0.313. The van der Waals surface area contributed by atoms with Crippen molar-refractivity contribution in [2.45, 2.75) is 26.3 Å². The van der Waals surface area contributed by atoms with Crippen LogP contribution in [0.2, 0.25) is 0 Å². The Labute approximate surface area is 109 Å². The van der Waals surface area contributed by atoms with Crippen LogP contribution in [0.1, 0.15) is 19.4 Å². The number of hydrogen-bond acceptors (Lipinski definition) is 3. The summed E-state index contributed by atoms with van der Waals surface area (Å²) in [5.41, 5.74) is 2.27. The van der Waals surface area contributed by atoms with E-state index in [4.69, 9.17) is 4.74 Å². The largest absolute Gasteiger partial charge is 0.508 e. The molecule has 3 heteroatoms. The molecule has 0 saturated carbocycles. The Morgan fingerprint density at radius 1 is 1.39 bits per heavy atom. The summed E-state index contributed by atoms with van der Waals surface area (Å²) < 4.78 is 5.42. The van der Waals surface area contributed by atoms with E-state index in [0.717, 1.165) is 18.5 Å². The standard InChI is InChI=1S/C15H23NO2/c1-12(2)11-18-9-8-16-13(3)10-14-4-6-15(17)7-5-14/h4-7,13,16-17H,1,8-11H2,2-3H3. The predicted molar refractivity (Wildman–Crippen MR) is 74.9 cm³/mol. The molecule has 0 bridgehead atoms. The summed E-state index contributed by atoms with van der Waals surface area (Å²) in [4.78, 5) is 0. The highest BCUT2D eigenvalue weighted by Gasteiger charge is 2.02. The summed E-state index contributed by atoms with van der Waals surface area (Å²) in [6.45, 7) is 10.1. The van der Waals surface area contributed by atoms with Crippen molar-refractivity contribution >= 4 is 0 Å². The lowest BCUT2D eigenvalue weighted by Gasteiger charge is -2.14. The summed E-state index contributed by atoms with van der Waals surface area (Å²) in [6, 6.07) is 7.73. The molecule has 0 aliphatic heterocycles. The molecule has 0 spiro atoms. The third kappa shape index (κ3) is 6.42. The third-order valence-electron chi connectivity index (χ3n) is 2.57. The van der Waals surface area contributed by atoms with Gasteiger partial charge >= 0.3 is 0 Å². The lowest BCUT2D eigenvalue weighted by atomic mass is 10.1. The SMILES string of the molecule is C=C(C)COCCNC(C)Cc1ccc(O)cc1. The zero-order chi connectivity index (χ0) is 13.4. The number of ether oxygens (including phenoxy) is 1. The predicted octanol–water partition coefficient (Wildman–Crippen LogP) is 2.51. The summed E-state index contributed by atoms with van der Waals surface area (Å²) in [6.07, 6.45) is 0.945. The summed E-state index contributed by atoms with van der Waals surface area (Å²) in [7, 11) is 0. The fraction of sp³-hybridized carbons (Fsp3) is 0.467. The number of hydrogen-bond donors (Lipinski definition) is 2. The molecule has 0 radical (unpaired) electrons. The van der Waals surface area contributed by atoms with Crippen molar-refractivity contribution in [2.24, 2.45) is 0 Å². The van der Waals surface area contributed by atoms with E-state index in [0.29, 0.717) is 25.0 Å². The number of phenolic OH excluding ortho intramolecular Hbond substituents is 1. The van der Waals surface area contributed by atoms with Crippen LogP contribution >= 0.6 is 0 Å². The molecule has 1 aromatic rings. The van der Waals surface area contributed by atoms with Crippen molar-refractivity contribution in [1.82, 2.24) is 5.32 Å². The van der Waals surface area contributed by atoms with Gasteiger partial charge in [0.15, 0.2) is 0 Å². The van der Waals surface area contributed by atoms with E-state index in [9.17, 15) is 5.11 Å². The van der Waals surface area contributed by atoms with Crippen LogP contribution in [-0.4, -0.2) is 30.9 Å². The highest BCUT2D eigenvalue weighted by Crippen LogP contribution is 2.11. The molecule has 0 aromatic heterocycles. The Morgan fingerprint density at radius 3 is 2.67 bits per heavy atom. The van der Waals surface area contributed by atoms with Crippen molar-refractivity contribution in [2.75, 3.05) is 19.8 Å². The van der Waals surface area contributed by atoms with Crippen LogP contribution in [0.25, 0.3) is 0 Å². The molecule has 3 nitrogen and oxygen atoms in total. The number of phenols is 1. The second-order valence-electron chi connectivity index (χ2n) is 4.74. The molecule has 1 rings (SSSR count). The molecule has 0 fully saturated rings. The minimum atomic E-state index is 0.313. The first-order valence-corrected chi connectivity index (χ1v) is 6.31. The maximum absolute atomic E-state index is 9.20. The first-order chi connectivity index (χ1) is 8.58. The first kappa shape index (κ1) is 14.7. The van der Waals surface area contributed by atoms with Crippen LogP contribution in [0.15, 0.2) is 36.4 Å². The molecule has 0 heterocycles. The fourth-order valence-corrected chi connectivity index (χ4v) is 1.68. The van der Waals surface area contributed by atoms with Gasteiger partial charge in [-0.15, -0.1) is 0 Å². The zero-order valence-electron chi connectivity index (χ0n) is 11.3. The molecule has 0 aliphatic carbocycles. The lowest BCUT2D eigenvalue weighted by molar-refractivity contribution is 0.156. The van der Waals surface area contributed by atoms with Gasteiger partial charge in [0.2, 0.25) is 0 Å². The number of aromatic hydroxyl groups is 1. The summed E-state index contributed by atoms with van der Waals surface area (Å²) in [5, 5.41) is 12.6. The topological polar surface area (TPSA) is 41.5 Å². The molecule has 100 valence electrons. The van der Waals surface area contributed by atoms with Gasteiger partial charge in [0.05, 0.1) is 13.2 Å². The molecule has 18 heavy (non-hydrogen) atoms. The Balaban J connectivity index is 2.15. The average Bonchev–Trinajstić information content (AvgIpc) is 2.31. The molecule has 0 aliphatic rings. The summed E-state index contributed by atoms with van der Waals surface area (Å²) >= 11 is 0. The van der Waals surface area contributed by atoms with E-state index < -0.39 is 0 Å². The van der Waals surface area contributed by atoms with Crippen molar-refractivity contribution in [3.05, 3.63) is 42.0 Å². The van der Waals surface area contributed by atoms with Crippen molar-refractivity contribution in [1.29, 1.82) is 0 Å². The molecule has 0 saturated heterocycles. The Kier molecular flexibility index (Phi) is 6.47. The average molecular weight is 249 g/mol. The van der Waals surface area contributed by atoms with Gasteiger partial charge in [-0.1, -0.05) is 24.3 Å². The highest BCUT2D eigenvalue weighted by molar-refractivity contribution is 5.26. The molecular formula is C15H23NO2. The monoisotopic (exact) mass is 249 g/mol. The maximum atomic E-state index is 9.20. The van der Waals surface area contributed by atoms with Crippen molar-refractivity contribution < 1.29 is 9.84 Å². The van der Waals surface area contributed by atoms with E-state index in [1.807, 2.05) is 19.1 Å². The van der Waals surface area contributed by atoms with Crippen molar-refractivity contribution in [3.8, 4) is 5.75 Å². The Hall–Kier alpha value is -1.32. The zero-order valence-corrected chi connectivity index (χ0v) is 11.3. The number of benzene rings is 1. The van der Waals surface area contributed by atoms with Gasteiger partial charge in [0, 0.05) is 12.6 Å². The molecule has 0 amide bonds. The number of rotatable bonds is 8. The van der Waals surface area contributed by atoms with Gasteiger partial charge in [0.1, 0.15) is 5.75 Å². The van der Waals surface area contributed by atoms with Gasteiger partial charge in [-0.25, -0.2) is 0 Å². The van der Waals surface area contributed by atoms with E-state index in [-0.39, 0.29) is 0 Å². The number of nitrogens with one attached hydrogen (secondary N) is 1. The highest BCUT2D eigenvalue weighted by atomic mass is 16.5. The maximum Gasteiger partial charge on any atom is 0.115 e. The van der Waals surface area contributed by atoms with Crippen LogP contribution in [0.5, 0.6) is 5.75 Å². The van der Waals surface area contributed by atoms with Crippen LogP contribution in [0.4, 0.5) is 0 Å². The fourth-order valence-electron chi connectivity index (χ4n) is 1.68. The first-order valence-electron chi connectivity index (χ1n) is 6.31. The summed E-state index contributed by atoms with van der Waals surface area (Å²) in [5.74, 6) is 0.313. The molecule has 2 N–H and O–H groups in total. The minimum Gasteiger partial charge on any atom is -0.508 e. The lowest BCUT2D eigenvalue weighted by Crippen LogP contribution is -2.31. The third-order valence-corrected chi connectivity index (χ3v) is 2.57. The van der Waals surface area contributed by atoms with E-state index in [2.05, 4.69) is 18.8 Å². The second-order valence-corrected chi connectivity index (χ2v) is 4.74. The van der Waals surface area contributed by atoms with Crippen LogP contribution < -0.4 is 5.32 Å². The second kappa shape index (κ2) is 7.90. The van der Waals surface area contributed by atoms with Crippen LogP contribution in [0, 0.1) is 0 Å². The quantitative estimate of drug-likeness (QED) is 0.549. The van der Waals surface area contributed by atoms with Gasteiger partial charge in [0.25, 0.3) is 0 Å². The van der Waals surface area contributed by atoms with Crippen LogP contribution in [-0.2, 0) is 11.2 Å². The van der Waals surface area contributed by atoms with E-state index >= 15 is 0 Å². The van der Waals surface area contributed by atoms with Gasteiger partial charge in [-0.2, -0.15) is 0 Å². The van der Waals surface area contributed by atoms with Gasteiger partial charge in [-0.05, 0) is 38.0 Å². The van der Waals surface area contributed by atoms with Gasteiger partial charge < -0.3 is 15.2 Å². The van der Waals surface area contributed by atoms with Gasteiger partial charge in [-0.3, -0.25) is 0 Å². The van der Waals surface area contributed by atoms with Crippen LogP contribution in [0.3, 0.4) is 0 Å². The molecular weight excluding hydrogens is 226 g/mol. The Bertz CT molecular complexity index is 359. The molecule has 1 atom stereocenters.